The van der Waals surface area contributed by atoms with Gasteiger partial charge in [-0.2, -0.15) is 0 Å². The van der Waals surface area contributed by atoms with Crippen LogP contribution in [0.1, 0.15) is 23.6 Å². The predicted octanol–water partition coefficient (Wildman–Crippen LogP) is 6.53. The number of phenolic OH excluding ortho intramolecular Hbond substituents is 1. The Kier molecular flexibility index (Phi) is 8.20. The van der Waals surface area contributed by atoms with Gasteiger partial charge in [-0.25, -0.2) is 0 Å². The van der Waals surface area contributed by atoms with Gasteiger partial charge in [-0.3, -0.25) is 9.59 Å². The number of carbonyl (C=O) groups excluding carboxylic acids is 1. The Hall–Kier alpha value is -5.24. The van der Waals surface area contributed by atoms with E-state index in [1.165, 1.54) is 13.0 Å². The van der Waals surface area contributed by atoms with Gasteiger partial charge in [0.25, 0.3) is 0 Å². The Balaban J connectivity index is 1.58. The molecular formula is C33H28O8. The van der Waals surface area contributed by atoms with Gasteiger partial charge in [-0.15, -0.1) is 0 Å². The van der Waals surface area contributed by atoms with E-state index in [9.17, 15) is 14.7 Å². The number of fused-ring (bicyclic) bond motifs is 1. The third kappa shape index (κ3) is 6.50. The predicted molar refractivity (Wildman–Crippen MR) is 153 cm³/mol. The van der Waals surface area contributed by atoms with Crippen molar-refractivity contribution in [3.05, 3.63) is 118 Å². The molecule has 0 saturated heterocycles. The Morgan fingerprint density at radius 1 is 0.805 bits per heavy atom. The average molecular weight is 553 g/mol. The SMILES string of the molecule is CC(=O)OCOc1cc(-c2oc3cc(C)cc(O)c3c(=O)c2OCc2ccccc2)ccc1OCc1ccccc1. The van der Waals surface area contributed by atoms with Gasteiger partial charge in [-0.05, 0) is 53.9 Å². The molecule has 0 atom stereocenters. The number of rotatable bonds is 10. The van der Waals surface area contributed by atoms with Crippen LogP contribution in [-0.4, -0.2) is 17.9 Å². The van der Waals surface area contributed by atoms with Gasteiger partial charge in [0.15, 0.2) is 17.3 Å². The molecule has 1 heterocycles. The van der Waals surface area contributed by atoms with E-state index >= 15 is 0 Å². The Bertz CT molecular complexity index is 1730. The Morgan fingerprint density at radius 2 is 1.46 bits per heavy atom. The van der Waals surface area contributed by atoms with Crippen molar-refractivity contribution in [2.24, 2.45) is 0 Å². The van der Waals surface area contributed by atoms with E-state index in [1.807, 2.05) is 60.7 Å². The second-order valence-corrected chi connectivity index (χ2v) is 9.35. The first-order chi connectivity index (χ1) is 19.9. The van der Waals surface area contributed by atoms with Crippen LogP contribution in [-0.2, 0) is 22.7 Å². The molecule has 0 aliphatic heterocycles. The molecule has 0 unspecified atom stereocenters. The first kappa shape index (κ1) is 27.3. The average Bonchev–Trinajstić information content (AvgIpc) is 2.96. The zero-order valence-corrected chi connectivity index (χ0v) is 22.6. The number of phenols is 1. The zero-order chi connectivity index (χ0) is 28.8. The minimum absolute atomic E-state index is 0.0246. The van der Waals surface area contributed by atoms with E-state index in [1.54, 1.807) is 31.2 Å². The number of ether oxygens (including phenoxy) is 4. The number of aromatic hydroxyl groups is 1. The fourth-order valence-corrected chi connectivity index (χ4v) is 4.26. The quantitative estimate of drug-likeness (QED) is 0.154. The van der Waals surface area contributed by atoms with Gasteiger partial charge in [0.05, 0.1) is 0 Å². The fraction of sp³-hybridized carbons (Fsp3) is 0.152. The number of aryl methyl sites for hydroxylation is 1. The lowest BCUT2D eigenvalue weighted by Gasteiger charge is -2.16. The molecule has 0 spiro atoms. The van der Waals surface area contributed by atoms with E-state index in [0.717, 1.165) is 16.7 Å². The maximum atomic E-state index is 13.7. The molecule has 8 heteroatoms. The molecule has 8 nitrogen and oxygen atoms in total. The fourth-order valence-electron chi connectivity index (χ4n) is 4.26. The van der Waals surface area contributed by atoms with Gasteiger partial charge in [-0.1, -0.05) is 60.7 Å². The van der Waals surface area contributed by atoms with Crippen LogP contribution >= 0.6 is 0 Å². The number of benzene rings is 4. The summed E-state index contributed by atoms with van der Waals surface area (Å²) >= 11 is 0. The molecule has 0 aliphatic rings. The van der Waals surface area contributed by atoms with Gasteiger partial charge in [0, 0.05) is 12.5 Å². The van der Waals surface area contributed by atoms with Gasteiger partial charge in [0.1, 0.15) is 29.9 Å². The highest BCUT2D eigenvalue weighted by Gasteiger charge is 2.22. The Labute approximate surface area is 236 Å². The normalized spacial score (nSPS) is 10.8. The highest BCUT2D eigenvalue weighted by Crippen LogP contribution is 2.39. The van der Waals surface area contributed by atoms with Crippen LogP contribution in [0, 0.1) is 6.92 Å². The van der Waals surface area contributed by atoms with Crippen molar-refractivity contribution in [1.29, 1.82) is 0 Å². The molecule has 0 bridgehead atoms. The number of esters is 1. The van der Waals surface area contributed by atoms with Crippen molar-refractivity contribution in [2.75, 3.05) is 6.79 Å². The van der Waals surface area contributed by atoms with E-state index in [4.69, 9.17) is 23.4 Å². The molecule has 0 fully saturated rings. The maximum Gasteiger partial charge on any atom is 0.305 e. The molecule has 0 saturated carbocycles. The molecule has 5 aromatic rings. The van der Waals surface area contributed by atoms with Gasteiger partial charge < -0.3 is 28.5 Å². The molecule has 0 amide bonds. The third-order valence-corrected chi connectivity index (χ3v) is 6.22. The van der Waals surface area contributed by atoms with E-state index < -0.39 is 11.4 Å². The second kappa shape index (κ2) is 12.3. The summed E-state index contributed by atoms with van der Waals surface area (Å²) in [6, 6.07) is 27.2. The van der Waals surface area contributed by atoms with E-state index in [-0.39, 0.29) is 54.0 Å². The van der Waals surface area contributed by atoms with Crippen LogP contribution in [0.25, 0.3) is 22.3 Å². The lowest BCUT2D eigenvalue weighted by molar-refractivity contribution is -0.147. The second-order valence-electron chi connectivity index (χ2n) is 9.35. The largest absolute Gasteiger partial charge is 0.507 e. The first-order valence-electron chi connectivity index (χ1n) is 12.9. The monoisotopic (exact) mass is 552 g/mol. The van der Waals surface area contributed by atoms with Crippen LogP contribution in [0.15, 0.2) is 100 Å². The van der Waals surface area contributed by atoms with Crippen molar-refractivity contribution >= 4 is 16.9 Å². The van der Waals surface area contributed by atoms with Crippen molar-refractivity contribution in [2.45, 2.75) is 27.1 Å². The summed E-state index contributed by atoms with van der Waals surface area (Å²) in [5, 5.41) is 10.6. The van der Waals surface area contributed by atoms with Crippen molar-refractivity contribution < 1.29 is 33.3 Å². The molecule has 1 aromatic heterocycles. The molecular weight excluding hydrogens is 524 g/mol. The summed E-state index contributed by atoms with van der Waals surface area (Å²) in [5.74, 6) is 0.0524. The highest BCUT2D eigenvalue weighted by molar-refractivity contribution is 5.87. The summed E-state index contributed by atoms with van der Waals surface area (Å²) in [6.45, 7) is 3.11. The lowest BCUT2D eigenvalue weighted by atomic mass is 10.1. The van der Waals surface area contributed by atoms with Crippen LogP contribution < -0.4 is 19.6 Å². The minimum atomic E-state index is -0.513. The summed E-state index contributed by atoms with van der Waals surface area (Å²) in [6.07, 6.45) is 0. The van der Waals surface area contributed by atoms with Crippen LogP contribution in [0.3, 0.4) is 0 Å². The zero-order valence-electron chi connectivity index (χ0n) is 22.6. The van der Waals surface area contributed by atoms with Crippen LogP contribution in [0.2, 0.25) is 0 Å². The number of hydrogen-bond acceptors (Lipinski definition) is 8. The molecule has 1 N–H and O–H groups in total. The first-order valence-corrected chi connectivity index (χ1v) is 12.9. The summed E-state index contributed by atoms with van der Waals surface area (Å²) in [4.78, 5) is 25.0. The standard InChI is InChI=1S/C33H28O8/c1-21-15-26(35)30-29(16-21)41-32(33(31(30)36)38-19-24-11-7-4-8-12-24)25-13-14-27(28(17-25)40-20-39-22(2)34)37-18-23-9-5-3-6-10-23/h3-17,35H,18-20H2,1-2H3. The van der Waals surface area contributed by atoms with Crippen molar-refractivity contribution in [1.82, 2.24) is 0 Å². The summed E-state index contributed by atoms with van der Waals surface area (Å²) in [5.41, 5.74) is 2.67. The molecule has 5 rings (SSSR count). The summed E-state index contributed by atoms with van der Waals surface area (Å²) in [7, 11) is 0. The number of carbonyl (C=O) groups is 1. The molecule has 4 aromatic carbocycles. The van der Waals surface area contributed by atoms with Gasteiger partial charge in [0.2, 0.25) is 18.0 Å². The number of hydrogen-bond donors (Lipinski definition) is 1. The van der Waals surface area contributed by atoms with Crippen molar-refractivity contribution in [3.63, 3.8) is 0 Å². The van der Waals surface area contributed by atoms with Crippen LogP contribution in [0.4, 0.5) is 0 Å². The van der Waals surface area contributed by atoms with Gasteiger partial charge >= 0.3 is 5.97 Å². The molecule has 208 valence electrons. The molecule has 0 radical (unpaired) electrons. The van der Waals surface area contributed by atoms with Crippen LogP contribution in [0.5, 0.6) is 23.0 Å². The van der Waals surface area contributed by atoms with E-state index in [2.05, 4.69) is 0 Å². The topological polar surface area (TPSA) is 104 Å². The summed E-state index contributed by atoms with van der Waals surface area (Å²) < 4.78 is 29.0. The third-order valence-electron chi connectivity index (χ3n) is 6.22. The maximum absolute atomic E-state index is 13.7. The minimum Gasteiger partial charge on any atom is -0.507 e. The molecule has 0 aliphatic carbocycles. The smallest absolute Gasteiger partial charge is 0.305 e. The van der Waals surface area contributed by atoms with E-state index in [0.29, 0.717) is 11.3 Å². The van der Waals surface area contributed by atoms with Crippen molar-refractivity contribution in [3.8, 4) is 34.3 Å². The Morgan fingerprint density at radius 3 is 2.12 bits per heavy atom. The lowest BCUT2D eigenvalue weighted by Crippen LogP contribution is -2.11. The molecule has 41 heavy (non-hydrogen) atoms. The highest BCUT2D eigenvalue weighted by atomic mass is 16.7.